The van der Waals surface area contributed by atoms with Crippen LogP contribution >= 0.6 is 28.1 Å². The lowest BCUT2D eigenvalue weighted by Crippen LogP contribution is -2.35. The molecule has 1 amide bonds. The van der Waals surface area contributed by atoms with Crippen LogP contribution in [0, 0.1) is 6.92 Å². The maximum absolute atomic E-state index is 12.0. The Labute approximate surface area is 137 Å². The second-order valence-corrected chi connectivity index (χ2v) is 5.85. The molecule has 0 heterocycles. The van der Waals surface area contributed by atoms with Gasteiger partial charge in [-0.05, 0) is 58.3 Å². The highest BCUT2D eigenvalue weighted by atomic mass is 79.9. The molecular formula is C16H15BrN2OS. The number of nitrogens with one attached hydrogen (secondary N) is 2. The summed E-state index contributed by atoms with van der Waals surface area (Å²) in [6.45, 7) is 1.99. The molecule has 0 aliphatic heterocycles. The van der Waals surface area contributed by atoms with Crippen LogP contribution in [0.3, 0.4) is 0 Å². The maximum Gasteiger partial charge on any atom is 0.230 e. The van der Waals surface area contributed by atoms with Crippen molar-refractivity contribution in [2.24, 2.45) is 0 Å². The van der Waals surface area contributed by atoms with E-state index in [0.717, 1.165) is 21.3 Å². The molecule has 0 unspecified atom stereocenters. The summed E-state index contributed by atoms with van der Waals surface area (Å²) >= 11 is 8.58. The predicted molar refractivity (Wildman–Crippen MR) is 93.4 cm³/mol. The average Bonchev–Trinajstić information content (AvgIpc) is 2.44. The SMILES string of the molecule is Cc1ccccc1CC(=O)NC(=S)Nc1ccccc1Br. The number of anilines is 1. The van der Waals surface area contributed by atoms with Crippen LogP contribution < -0.4 is 10.6 Å². The Balaban J connectivity index is 1.93. The van der Waals surface area contributed by atoms with Crippen LogP contribution in [-0.4, -0.2) is 11.0 Å². The maximum atomic E-state index is 12.0. The second-order valence-electron chi connectivity index (χ2n) is 4.59. The Kier molecular flexibility index (Phi) is 5.47. The van der Waals surface area contributed by atoms with Crippen LogP contribution in [0.2, 0.25) is 0 Å². The van der Waals surface area contributed by atoms with Gasteiger partial charge in [0.2, 0.25) is 5.91 Å². The molecule has 0 spiro atoms. The van der Waals surface area contributed by atoms with Crippen molar-refractivity contribution in [3.05, 3.63) is 64.1 Å². The number of benzene rings is 2. The van der Waals surface area contributed by atoms with E-state index in [4.69, 9.17) is 12.2 Å². The molecule has 0 bridgehead atoms. The van der Waals surface area contributed by atoms with Crippen LogP contribution in [0.4, 0.5) is 5.69 Å². The van der Waals surface area contributed by atoms with Gasteiger partial charge in [0.15, 0.2) is 5.11 Å². The number of hydrogen-bond donors (Lipinski definition) is 2. The molecule has 0 radical (unpaired) electrons. The molecule has 0 aliphatic carbocycles. The summed E-state index contributed by atoms with van der Waals surface area (Å²) in [7, 11) is 0. The molecule has 2 aromatic carbocycles. The average molecular weight is 363 g/mol. The zero-order valence-corrected chi connectivity index (χ0v) is 13.9. The fourth-order valence-corrected chi connectivity index (χ4v) is 2.48. The Bertz CT molecular complexity index is 615. The van der Waals surface area contributed by atoms with Crippen molar-refractivity contribution in [1.82, 2.24) is 5.32 Å². The van der Waals surface area contributed by atoms with Crippen molar-refractivity contribution in [2.75, 3.05) is 5.32 Å². The second kappa shape index (κ2) is 7.33. The van der Waals surface area contributed by atoms with Gasteiger partial charge in [-0.25, -0.2) is 0 Å². The summed E-state index contributed by atoms with van der Waals surface area (Å²) in [5, 5.41) is 5.98. The summed E-state index contributed by atoms with van der Waals surface area (Å²) in [4.78, 5) is 12.0. The molecule has 0 aromatic heterocycles. The first-order chi connectivity index (χ1) is 10.1. The molecule has 3 nitrogen and oxygen atoms in total. The van der Waals surface area contributed by atoms with Crippen molar-refractivity contribution < 1.29 is 4.79 Å². The van der Waals surface area contributed by atoms with Crippen LogP contribution in [0.1, 0.15) is 11.1 Å². The summed E-state index contributed by atoms with van der Waals surface area (Å²) in [5.41, 5.74) is 2.91. The van der Waals surface area contributed by atoms with Gasteiger partial charge in [0.25, 0.3) is 0 Å². The molecular weight excluding hydrogens is 348 g/mol. The quantitative estimate of drug-likeness (QED) is 0.815. The standard InChI is InChI=1S/C16H15BrN2OS/c1-11-6-2-3-7-12(11)10-15(20)19-16(21)18-14-9-5-4-8-13(14)17/h2-9H,10H2,1H3,(H2,18,19,20,21). The van der Waals surface area contributed by atoms with Crippen molar-refractivity contribution in [2.45, 2.75) is 13.3 Å². The topological polar surface area (TPSA) is 41.1 Å². The predicted octanol–water partition coefficient (Wildman–Crippen LogP) is 3.81. The Morgan fingerprint density at radius 3 is 2.52 bits per heavy atom. The summed E-state index contributed by atoms with van der Waals surface area (Å²) in [6.07, 6.45) is 0.310. The third-order valence-electron chi connectivity index (χ3n) is 2.99. The molecule has 0 fully saturated rings. The van der Waals surface area contributed by atoms with Gasteiger partial charge in [-0.15, -0.1) is 0 Å². The molecule has 5 heteroatoms. The summed E-state index contributed by atoms with van der Waals surface area (Å²) < 4.78 is 0.889. The van der Waals surface area contributed by atoms with Crippen LogP contribution in [-0.2, 0) is 11.2 Å². The monoisotopic (exact) mass is 362 g/mol. The summed E-state index contributed by atoms with van der Waals surface area (Å²) in [6, 6.07) is 15.4. The number of hydrogen-bond acceptors (Lipinski definition) is 2. The van der Waals surface area contributed by atoms with E-state index in [1.807, 2.05) is 55.5 Å². The molecule has 2 N–H and O–H groups in total. The Morgan fingerprint density at radius 2 is 1.81 bits per heavy atom. The third-order valence-corrected chi connectivity index (χ3v) is 3.88. The van der Waals surface area contributed by atoms with Gasteiger partial charge in [0.1, 0.15) is 0 Å². The van der Waals surface area contributed by atoms with Crippen LogP contribution in [0.25, 0.3) is 0 Å². The number of carbonyl (C=O) groups excluding carboxylic acids is 1. The van der Waals surface area contributed by atoms with E-state index >= 15 is 0 Å². The zero-order valence-electron chi connectivity index (χ0n) is 11.5. The van der Waals surface area contributed by atoms with Crippen molar-refractivity contribution in [1.29, 1.82) is 0 Å². The minimum absolute atomic E-state index is 0.131. The minimum atomic E-state index is -0.131. The number of carbonyl (C=O) groups is 1. The highest BCUT2D eigenvalue weighted by Crippen LogP contribution is 2.20. The van der Waals surface area contributed by atoms with Crippen molar-refractivity contribution >= 4 is 44.9 Å². The zero-order chi connectivity index (χ0) is 15.2. The molecule has 0 saturated carbocycles. The molecule has 108 valence electrons. The van der Waals surface area contributed by atoms with E-state index in [9.17, 15) is 4.79 Å². The third kappa shape index (κ3) is 4.65. The van der Waals surface area contributed by atoms with Gasteiger partial charge in [0.05, 0.1) is 12.1 Å². The highest BCUT2D eigenvalue weighted by molar-refractivity contribution is 9.10. The first-order valence-electron chi connectivity index (χ1n) is 6.46. The van der Waals surface area contributed by atoms with E-state index in [1.54, 1.807) is 0 Å². The highest BCUT2D eigenvalue weighted by Gasteiger charge is 2.08. The number of thiocarbonyl (C=S) groups is 1. The van der Waals surface area contributed by atoms with E-state index in [1.165, 1.54) is 0 Å². The number of halogens is 1. The van der Waals surface area contributed by atoms with Gasteiger partial charge < -0.3 is 10.6 Å². The minimum Gasteiger partial charge on any atom is -0.331 e. The van der Waals surface area contributed by atoms with E-state index in [0.29, 0.717) is 11.5 Å². The van der Waals surface area contributed by atoms with Gasteiger partial charge >= 0.3 is 0 Å². The lowest BCUT2D eigenvalue weighted by molar-refractivity contribution is -0.119. The number of amides is 1. The van der Waals surface area contributed by atoms with Gasteiger partial charge in [-0.2, -0.15) is 0 Å². The molecule has 21 heavy (non-hydrogen) atoms. The van der Waals surface area contributed by atoms with Gasteiger partial charge in [-0.1, -0.05) is 36.4 Å². The Hall–Kier alpha value is -1.72. The normalized spacial score (nSPS) is 10.0. The van der Waals surface area contributed by atoms with Crippen molar-refractivity contribution in [3.8, 4) is 0 Å². The van der Waals surface area contributed by atoms with Crippen LogP contribution in [0.15, 0.2) is 53.0 Å². The first kappa shape index (κ1) is 15.7. The molecule has 0 aliphatic rings. The van der Waals surface area contributed by atoms with Gasteiger partial charge in [0, 0.05) is 4.47 Å². The number of para-hydroxylation sites is 1. The fraction of sp³-hybridized carbons (Fsp3) is 0.125. The van der Waals surface area contributed by atoms with E-state index in [2.05, 4.69) is 26.6 Å². The lowest BCUT2D eigenvalue weighted by atomic mass is 10.1. The van der Waals surface area contributed by atoms with E-state index in [-0.39, 0.29) is 5.91 Å². The smallest absolute Gasteiger partial charge is 0.230 e. The molecule has 2 aromatic rings. The number of aryl methyl sites for hydroxylation is 1. The lowest BCUT2D eigenvalue weighted by Gasteiger charge is -2.11. The summed E-state index contributed by atoms with van der Waals surface area (Å²) in [5.74, 6) is -0.131. The largest absolute Gasteiger partial charge is 0.331 e. The Morgan fingerprint density at radius 1 is 1.14 bits per heavy atom. The molecule has 2 rings (SSSR count). The van der Waals surface area contributed by atoms with E-state index < -0.39 is 0 Å². The fourth-order valence-electron chi connectivity index (χ4n) is 1.87. The first-order valence-corrected chi connectivity index (χ1v) is 7.66. The van der Waals surface area contributed by atoms with Gasteiger partial charge in [-0.3, -0.25) is 4.79 Å². The van der Waals surface area contributed by atoms with Crippen LogP contribution in [0.5, 0.6) is 0 Å². The number of rotatable bonds is 3. The molecule has 0 atom stereocenters. The molecule has 0 saturated heterocycles. The van der Waals surface area contributed by atoms with Crippen molar-refractivity contribution in [3.63, 3.8) is 0 Å².